The Bertz CT molecular complexity index is 507. The zero-order valence-electron chi connectivity index (χ0n) is 11.1. The molecule has 0 saturated heterocycles. The van der Waals surface area contributed by atoms with E-state index >= 15 is 0 Å². The largest absolute Gasteiger partial charge is 0.466 e. The van der Waals surface area contributed by atoms with E-state index in [0.29, 0.717) is 18.4 Å². The van der Waals surface area contributed by atoms with E-state index in [9.17, 15) is 9.59 Å². The summed E-state index contributed by atoms with van der Waals surface area (Å²) >= 11 is 0. The highest BCUT2D eigenvalue weighted by atomic mass is 16.5. The summed E-state index contributed by atoms with van der Waals surface area (Å²) in [7, 11) is 1.35. The normalized spacial score (nSPS) is 16.8. The van der Waals surface area contributed by atoms with Gasteiger partial charge >= 0.3 is 5.97 Å². The molecule has 0 aromatic heterocycles. The molecule has 0 unspecified atom stereocenters. The van der Waals surface area contributed by atoms with Crippen molar-refractivity contribution < 1.29 is 14.3 Å². The Kier molecular flexibility index (Phi) is 4.00. The number of ether oxygens (including phenoxy) is 1. The summed E-state index contributed by atoms with van der Waals surface area (Å²) in [6.07, 6.45) is 2.41. The van der Waals surface area contributed by atoms with Gasteiger partial charge in [0.1, 0.15) is 0 Å². The molecular formula is C15H17NO3. The van der Waals surface area contributed by atoms with Gasteiger partial charge in [0.05, 0.1) is 18.7 Å². The second-order valence-electron chi connectivity index (χ2n) is 4.53. The molecule has 1 heterocycles. The van der Waals surface area contributed by atoms with Crippen LogP contribution in [-0.4, -0.2) is 23.9 Å². The van der Waals surface area contributed by atoms with Crippen LogP contribution in [0.1, 0.15) is 31.4 Å². The number of rotatable bonds is 3. The molecule has 1 aliphatic rings. The minimum atomic E-state index is -0.363. The maximum atomic E-state index is 12.0. The highest BCUT2D eigenvalue weighted by Crippen LogP contribution is 2.27. The first-order valence-electron chi connectivity index (χ1n) is 6.28. The lowest BCUT2D eigenvalue weighted by atomic mass is 10.0. The fraction of sp³-hybridized carbons (Fsp3) is 0.333. The highest BCUT2D eigenvalue weighted by molar-refractivity contribution is 5.92. The molecule has 1 amide bonds. The van der Waals surface area contributed by atoms with Crippen LogP contribution in [0.5, 0.6) is 0 Å². The van der Waals surface area contributed by atoms with Crippen LogP contribution in [0.2, 0.25) is 0 Å². The van der Waals surface area contributed by atoms with Gasteiger partial charge in [0.15, 0.2) is 0 Å². The molecule has 1 aromatic carbocycles. The minimum absolute atomic E-state index is 0.0315. The van der Waals surface area contributed by atoms with Gasteiger partial charge in [-0.3, -0.25) is 4.79 Å². The number of methoxy groups -OCH3 is 1. The van der Waals surface area contributed by atoms with Gasteiger partial charge in [-0.25, -0.2) is 4.79 Å². The number of benzene rings is 1. The van der Waals surface area contributed by atoms with Crippen molar-refractivity contribution >= 4 is 11.9 Å². The average molecular weight is 259 g/mol. The van der Waals surface area contributed by atoms with Crippen LogP contribution in [0.4, 0.5) is 0 Å². The molecule has 0 spiro atoms. The van der Waals surface area contributed by atoms with Gasteiger partial charge in [0.25, 0.3) is 0 Å². The van der Waals surface area contributed by atoms with Crippen molar-refractivity contribution in [2.75, 3.05) is 7.11 Å². The second kappa shape index (κ2) is 5.69. The van der Waals surface area contributed by atoms with Crippen molar-refractivity contribution in [3.8, 4) is 0 Å². The highest BCUT2D eigenvalue weighted by Gasteiger charge is 2.26. The fourth-order valence-electron chi connectivity index (χ4n) is 2.18. The minimum Gasteiger partial charge on any atom is -0.466 e. The van der Waals surface area contributed by atoms with E-state index in [2.05, 4.69) is 0 Å². The summed E-state index contributed by atoms with van der Waals surface area (Å²) in [5.74, 6) is -0.332. The molecule has 4 nitrogen and oxygen atoms in total. The van der Waals surface area contributed by atoms with E-state index < -0.39 is 0 Å². The molecule has 0 fully saturated rings. The number of hydrogen-bond donors (Lipinski definition) is 0. The molecular weight excluding hydrogens is 242 g/mol. The zero-order valence-corrected chi connectivity index (χ0v) is 11.1. The van der Waals surface area contributed by atoms with Crippen molar-refractivity contribution in [3.63, 3.8) is 0 Å². The lowest BCUT2D eigenvalue weighted by molar-refractivity contribution is -0.137. The molecule has 0 radical (unpaired) electrons. The topological polar surface area (TPSA) is 46.6 Å². The van der Waals surface area contributed by atoms with E-state index in [4.69, 9.17) is 4.74 Å². The van der Waals surface area contributed by atoms with Crippen LogP contribution < -0.4 is 0 Å². The van der Waals surface area contributed by atoms with Gasteiger partial charge in [0.2, 0.25) is 5.91 Å². The Morgan fingerprint density at radius 1 is 1.26 bits per heavy atom. The Morgan fingerprint density at radius 3 is 2.58 bits per heavy atom. The number of esters is 1. The Hall–Kier alpha value is -2.10. The number of nitrogens with zero attached hydrogens (tertiary/aromatic N) is 1. The summed E-state index contributed by atoms with van der Waals surface area (Å²) in [4.78, 5) is 25.2. The van der Waals surface area contributed by atoms with E-state index in [1.165, 1.54) is 7.11 Å². The van der Waals surface area contributed by atoms with Crippen LogP contribution in [-0.2, 0) is 14.3 Å². The standard InChI is InChI=1S/C15H17NO3/c1-11(12-6-4-3-5-7-12)16-10-13(15(18)19-2)8-9-14(16)17/h3-7,10-11H,8-9H2,1-2H3/t11-/m0/s1. The molecule has 0 saturated carbocycles. The molecule has 1 atom stereocenters. The van der Waals surface area contributed by atoms with Crippen LogP contribution >= 0.6 is 0 Å². The average Bonchev–Trinajstić information content (AvgIpc) is 2.47. The number of hydrogen-bond acceptors (Lipinski definition) is 3. The lowest BCUT2D eigenvalue weighted by Gasteiger charge is -2.30. The quantitative estimate of drug-likeness (QED) is 0.783. The molecule has 0 aliphatic carbocycles. The summed E-state index contributed by atoms with van der Waals surface area (Å²) in [6.45, 7) is 1.95. The Balaban J connectivity index is 2.26. The van der Waals surface area contributed by atoms with Gasteiger partial charge in [-0.1, -0.05) is 30.3 Å². The van der Waals surface area contributed by atoms with E-state index in [1.807, 2.05) is 37.3 Å². The third-order valence-electron chi connectivity index (χ3n) is 3.34. The Labute approximate surface area is 112 Å². The summed E-state index contributed by atoms with van der Waals surface area (Å²) in [5.41, 5.74) is 1.59. The maximum Gasteiger partial charge on any atom is 0.335 e. The SMILES string of the molecule is COC(=O)C1=CN([C@@H](C)c2ccccc2)C(=O)CC1. The number of carbonyl (C=O) groups excluding carboxylic acids is 2. The molecule has 0 bridgehead atoms. The summed E-state index contributed by atoms with van der Waals surface area (Å²) in [5, 5.41) is 0. The second-order valence-corrected chi connectivity index (χ2v) is 4.53. The maximum absolute atomic E-state index is 12.0. The smallest absolute Gasteiger partial charge is 0.335 e. The molecule has 19 heavy (non-hydrogen) atoms. The predicted octanol–water partition coefficient (Wildman–Crippen LogP) is 2.43. The van der Waals surface area contributed by atoms with Crippen LogP contribution in [0.25, 0.3) is 0 Å². The lowest BCUT2D eigenvalue weighted by Crippen LogP contribution is -2.33. The predicted molar refractivity (Wildman–Crippen MR) is 71.0 cm³/mol. The third kappa shape index (κ3) is 2.84. The molecule has 4 heteroatoms. The zero-order chi connectivity index (χ0) is 13.8. The molecule has 100 valence electrons. The first kappa shape index (κ1) is 13.3. The van der Waals surface area contributed by atoms with E-state index in [-0.39, 0.29) is 17.9 Å². The number of carbonyl (C=O) groups is 2. The van der Waals surface area contributed by atoms with Gasteiger partial charge in [-0.15, -0.1) is 0 Å². The van der Waals surface area contributed by atoms with E-state index in [1.54, 1.807) is 11.1 Å². The fourth-order valence-corrected chi connectivity index (χ4v) is 2.18. The first-order valence-corrected chi connectivity index (χ1v) is 6.28. The van der Waals surface area contributed by atoms with Crippen molar-refractivity contribution in [1.82, 2.24) is 4.90 Å². The van der Waals surface area contributed by atoms with Gasteiger partial charge in [0, 0.05) is 12.6 Å². The summed E-state index contributed by atoms with van der Waals surface area (Å²) in [6, 6.07) is 9.66. The third-order valence-corrected chi connectivity index (χ3v) is 3.34. The first-order chi connectivity index (χ1) is 9.13. The monoisotopic (exact) mass is 259 g/mol. The van der Waals surface area contributed by atoms with Gasteiger partial charge < -0.3 is 9.64 Å². The molecule has 1 aliphatic heterocycles. The van der Waals surface area contributed by atoms with Gasteiger partial charge in [-0.2, -0.15) is 0 Å². The Morgan fingerprint density at radius 2 is 1.95 bits per heavy atom. The van der Waals surface area contributed by atoms with Crippen LogP contribution in [0, 0.1) is 0 Å². The van der Waals surface area contributed by atoms with Crippen molar-refractivity contribution in [2.24, 2.45) is 0 Å². The van der Waals surface area contributed by atoms with Gasteiger partial charge in [-0.05, 0) is 18.9 Å². The summed E-state index contributed by atoms with van der Waals surface area (Å²) < 4.78 is 4.71. The van der Waals surface area contributed by atoms with Crippen molar-refractivity contribution in [3.05, 3.63) is 47.7 Å². The van der Waals surface area contributed by atoms with E-state index in [0.717, 1.165) is 5.56 Å². The van der Waals surface area contributed by atoms with Crippen molar-refractivity contribution in [1.29, 1.82) is 0 Å². The molecule has 2 rings (SSSR count). The van der Waals surface area contributed by atoms with Crippen LogP contribution in [0.3, 0.4) is 0 Å². The molecule has 1 aromatic rings. The van der Waals surface area contributed by atoms with Crippen LogP contribution in [0.15, 0.2) is 42.1 Å². The molecule has 0 N–H and O–H groups in total. The van der Waals surface area contributed by atoms with Crippen molar-refractivity contribution in [2.45, 2.75) is 25.8 Å². The number of amides is 1.